The highest BCUT2D eigenvalue weighted by molar-refractivity contribution is 8.00. The first kappa shape index (κ1) is 12.7. The highest BCUT2D eigenvalue weighted by Gasteiger charge is 2.23. The zero-order chi connectivity index (χ0) is 12.1. The van der Waals surface area contributed by atoms with Crippen molar-refractivity contribution in [2.24, 2.45) is 0 Å². The van der Waals surface area contributed by atoms with Crippen LogP contribution in [0.3, 0.4) is 0 Å². The lowest BCUT2D eigenvalue weighted by atomic mass is 10.4. The molecule has 96 valence electrons. The molecule has 6 heteroatoms. The molecule has 2 aliphatic rings. The lowest BCUT2D eigenvalue weighted by Crippen LogP contribution is -2.41. The fourth-order valence-corrected chi connectivity index (χ4v) is 2.36. The van der Waals surface area contributed by atoms with Gasteiger partial charge in [0.05, 0.1) is 24.7 Å². The number of morpholine rings is 1. The predicted octanol–water partition coefficient (Wildman–Crippen LogP) is -0.143. The maximum atomic E-state index is 11.7. The highest BCUT2D eigenvalue weighted by Crippen LogP contribution is 2.18. The van der Waals surface area contributed by atoms with Gasteiger partial charge in [-0.1, -0.05) is 0 Å². The van der Waals surface area contributed by atoms with E-state index < -0.39 is 0 Å². The average Bonchev–Trinajstić information content (AvgIpc) is 3.14. The fraction of sp³-hybridized carbons (Fsp3) is 0.818. The number of amides is 2. The van der Waals surface area contributed by atoms with Crippen LogP contribution in [-0.4, -0.2) is 60.6 Å². The van der Waals surface area contributed by atoms with E-state index in [4.69, 9.17) is 4.74 Å². The van der Waals surface area contributed by atoms with Crippen molar-refractivity contribution < 1.29 is 14.3 Å². The maximum Gasteiger partial charge on any atom is 0.232 e. The minimum Gasteiger partial charge on any atom is -0.378 e. The Labute approximate surface area is 105 Å². The van der Waals surface area contributed by atoms with Crippen LogP contribution in [0.15, 0.2) is 0 Å². The minimum absolute atomic E-state index is 0.0484. The van der Waals surface area contributed by atoms with Crippen LogP contribution < -0.4 is 5.32 Å². The number of rotatable bonds is 5. The molecule has 0 aromatic heterocycles. The Morgan fingerprint density at radius 3 is 2.59 bits per heavy atom. The van der Waals surface area contributed by atoms with Gasteiger partial charge in [-0.2, -0.15) is 0 Å². The molecule has 0 aromatic rings. The number of hydrogen-bond acceptors (Lipinski definition) is 4. The quantitative estimate of drug-likeness (QED) is 0.745. The van der Waals surface area contributed by atoms with E-state index in [1.54, 1.807) is 4.90 Å². The number of carbonyl (C=O) groups excluding carboxylic acids is 2. The van der Waals surface area contributed by atoms with E-state index in [0.717, 1.165) is 12.8 Å². The number of thioether (sulfide) groups is 1. The van der Waals surface area contributed by atoms with E-state index in [1.807, 2.05) is 0 Å². The van der Waals surface area contributed by atoms with E-state index in [1.165, 1.54) is 11.8 Å². The molecule has 0 bridgehead atoms. The molecule has 1 heterocycles. The Morgan fingerprint density at radius 1 is 1.24 bits per heavy atom. The zero-order valence-corrected chi connectivity index (χ0v) is 10.6. The second-order valence-electron chi connectivity index (χ2n) is 4.33. The minimum atomic E-state index is 0.0484. The Kier molecular flexibility index (Phi) is 4.67. The van der Waals surface area contributed by atoms with Crippen molar-refractivity contribution in [3.8, 4) is 0 Å². The van der Waals surface area contributed by atoms with Crippen molar-refractivity contribution in [1.29, 1.82) is 0 Å². The van der Waals surface area contributed by atoms with Crippen LogP contribution >= 0.6 is 11.8 Å². The number of hydrogen-bond donors (Lipinski definition) is 1. The van der Waals surface area contributed by atoms with Crippen molar-refractivity contribution in [1.82, 2.24) is 10.2 Å². The van der Waals surface area contributed by atoms with Gasteiger partial charge in [0.25, 0.3) is 0 Å². The van der Waals surface area contributed by atoms with Gasteiger partial charge in [-0.25, -0.2) is 0 Å². The normalized spacial score (nSPS) is 20.1. The second kappa shape index (κ2) is 6.26. The monoisotopic (exact) mass is 258 g/mol. The van der Waals surface area contributed by atoms with E-state index in [-0.39, 0.29) is 11.8 Å². The van der Waals surface area contributed by atoms with Crippen molar-refractivity contribution >= 4 is 23.6 Å². The third kappa shape index (κ3) is 4.55. The number of nitrogens with zero attached hydrogens (tertiary/aromatic N) is 1. The Balaban J connectivity index is 1.56. The van der Waals surface area contributed by atoms with Crippen LogP contribution in [0, 0.1) is 0 Å². The van der Waals surface area contributed by atoms with Gasteiger partial charge in [-0.05, 0) is 12.8 Å². The standard InChI is InChI=1S/C11H18N2O3S/c14-10(12-9-1-2-9)7-17-8-11(15)13-3-5-16-6-4-13/h9H,1-8H2,(H,12,14). The molecule has 1 N–H and O–H groups in total. The molecule has 2 fully saturated rings. The Morgan fingerprint density at radius 2 is 1.94 bits per heavy atom. The van der Waals surface area contributed by atoms with E-state index >= 15 is 0 Å². The van der Waals surface area contributed by atoms with Crippen molar-refractivity contribution in [2.75, 3.05) is 37.8 Å². The molecule has 0 aromatic carbocycles. The van der Waals surface area contributed by atoms with Crippen molar-refractivity contribution in [3.63, 3.8) is 0 Å². The molecule has 0 radical (unpaired) electrons. The first-order valence-corrected chi connectivity index (χ1v) is 7.14. The van der Waals surface area contributed by atoms with E-state index in [9.17, 15) is 9.59 Å². The van der Waals surface area contributed by atoms with Crippen LogP contribution in [0.4, 0.5) is 0 Å². The molecule has 2 rings (SSSR count). The van der Waals surface area contributed by atoms with Crippen LogP contribution in [0.2, 0.25) is 0 Å². The molecular weight excluding hydrogens is 240 g/mol. The zero-order valence-electron chi connectivity index (χ0n) is 9.81. The van der Waals surface area contributed by atoms with Crippen LogP contribution in [0.25, 0.3) is 0 Å². The SMILES string of the molecule is O=C(CSCC(=O)N1CCOCC1)NC1CC1. The number of nitrogens with one attached hydrogen (secondary N) is 1. The van der Waals surface area contributed by atoms with Gasteiger partial charge >= 0.3 is 0 Å². The molecule has 1 saturated heterocycles. The molecule has 2 amide bonds. The van der Waals surface area contributed by atoms with E-state index in [0.29, 0.717) is 43.9 Å². The summed E-state index contributed by atoms with van der Waals surface area (Å²) in [5, 5.41) is 2.90. The van der Waals surface area contributed by atoms with Crippen molar-refractivity contribution in [2.45, 2.75) is 18.9 Å². The van der Waals surface area contributed by atoms with Gasteiger partial charge in [-0.3, -0.25) is 9.59 Å². The first-order valence-electron chi connectivity index (χ1n) is 5.98. The molecule has 0 atom stereocenters. The third-order valence-corrected chi connectivity index (χ3v) is 3.68. The van der Waals surface area contributed by atoms with Gasteiger partial charge in [-0.15, -0.1) is 11.8 Å². The summed E-state index contributed by atoms with van der Waals surface area (Å²) in [6, 6.07) is 0.401. The summed E-state index contributed by atoms with van der Waals surface area (Å²) in [5.41, 5.74) is 0. The fourth-order valence-electron chi connectivity index (χ4n) is 1.63. The van der Waals surface area contributed by atoms with Crippen molar-refractivity contribution in [3.05, 3.63) is 0 Å². The highest BCUT2D eigenvalue weighted by atomic mass is 32.2. The van der Waals surface area contributed by atoms with Gasteiger partial charge in [0, 0.05) is 19.1 Å². The largest absolute Gasteiger partial charge is 0.378 e. The molecule has 5 nitrogen and oxygen atoms in total. The molecular formula is C11H18N2O3S. The summed E-state index contributed by atoms with van der Waals surface area (Å²) in [6.45, 7) is 2.60. The molecule has 1 saturated carbocycles. The van der Waals surface area contributed by atoms with Gasteiger partial charge in [0.1, 0.15) is 0 Å². The third-order valence-electron chi connectivity index (χ3n) is 2.76. The summed E-state index contributed by atoms with van der Waals surface area (Å²) in [6.07, 6.45) is 2.20. The lowest BCUT2D eigenvalue weighted by Gasteiger charge is -2.26. The summed E-state index contributed by atoms with van der Waals surface area (Å²) >= 11 is 1.39. The van der Waals surface area contributed by atoms with Crippen LogP contribution in [0.5, 0.6) is 0 Å². The maximum absolute atomic E-state index is 11.7. The lowest BCUT2D eigenvalue weighted by molar-refractivity contribution is -0.132. The van der Waals surface area contributed by atoms with E-state index in [2.05, 4.69) is 5.32 Å². The molecule has 0 spiro atoms. The molecule has 1 aliphatic heterocycles. The smallest absolute Gasteiger partial charge is 0.232 e. The van der Waals surface area contributed by atoms with Gasteiger partial charge < -0.3 is 15.0 Å². The van der Waals surface area contributed by atoms with Crippen LogP contribution in [-0.2, 0) is 14.3 Å². The summed E-state index contributed by atoms with van der Waals surface area (Å²) in [4.78, 5) is 24.9. The Hall–Kier alpha value is -0.750. The number of ether oxygens (including phenoxy) is 1. The molecule has 0 unspecified atom stereocenters. The average molecular weight is 258 g/mol. The first-order chi connectivity index (χ1) is 8.25. The molecule has 17 heavy (non-hydrogen) atoms. The van der Waals surface area contributed by atoms with Gasteiger partial charge in [0.2, 0.25) is 11.8 Å². The molecule has 1 aliphatic carbocycles. The summed E-state index contributed by atoms with van der Waals surface area (Å²) < 4.78 is 5.18. The Bertz CT molecular complexity index is 288. The van der Waals surface area contributed by atoms with Gasteiger partial charge in [0.15, 0.2) is 0 Å². The summed E-state index contributed by atoms with van der Waals surface area (Å²) in [5.74, 6) is 0.926. The number of carbonyl (C=O) groups is 2. The predicted molar refractivity (Wildman–Crippen MR) is 65.9 cm³/mol. The second-order valence-corrected chi connectivity index (χ2v) is 5.31. The summed E-state index contributed by atoms with van der Waals surface area (Å²) in [7, 11) is 0. The topological polar surface area (TPSA) is 58.6 Å². The van der Waals surface area contributed by atoms with Crippen LogP contribution in [0.1, 0.15) is 12.8 Å².